The zero-order valence-corrected chi connectivity index (χ0v) is 23.5. The van der Waals surface area contributed by atoms with Gasteiger partial charge in [0.1, 0.15) is 0 Å². The van der Waals surface area contributed by atoms with Crippen LogP contribution in [-0.2, 0) is 25.3 Å². The SMILES string of the molecule is CC(C)(C)[Si](C)(C)OC[C@@H]1C[C@@H]([Se]c2ccccc2)C2(O1)C(=O)CN(Cc1ccccc1)C2=O. The number of nitrogens with zero attached hydrogens (tertiary/aromatic N) is 1. The maximum atomic E-state index is 13.8. The maximum absolute atomic E-state index is 13.8. The van der Waals surface area contributed by atoms with Gasteiger partial charge in [-0.1, -0.05) is 0 Å². The third-order valence-electron chi connectivity index (χ3n) is 7.31. The molecule has 2 fully saturated rings. The van der Waals surface area contributed by atoms with Crippen LogP contribution in [0.25, 0.3) is 0 Å². The molecule has 4 rings (SSSR count). The molecule has 2 saturated heterocycles. The van der Waals surface area contributed by atoms with E-state index in [1.165, 1.54) is 4.46 Å². The van der Waals surface area contributed by atoms with Gasteiger partial charge in [0.05, 0.1) is 0 Å². The molecule has 0 aliphatic carbocycles. The van der Waals surface area contributed by atoms with Crippen LogP contribution in [0.2, 0.25) is 22.9 Å². The Morgan fingerprint density at radius 2 is 1.68 bits per heavy atom. The Bertz CT molecular complexity index is 1020. The van der Waals surface area contributed by atoms with Crippen molar-refractivity contribution < 1.29 is 18.8 Å². The third-order valence-corrected chi connectivity index (χ3v) is 14.7. The van der Waals surface area contributed by atoms with E-state index in [2.05, 4.69) is 46.0 Å². The molecule has 34 heavy (non-hydrogen) atoms. The number of hydrogen-bond donors (Lipinski definition) is 0. The van der Waals surface area contributed by atoms with E-state index in [9.17, 15) is 9.59 Å². The summed E-state index contributed by atoms with van der Waals surface area (Å²) in [6, 6.07) is 20.0. The van der Waals surface area contributed by atoms with Gasteiger partial charge in [0.15, 0.2) is 0 Å². The van der Waals surface area contributed by atoms with Crippen LogP contribution in [0, 0.1) is 0 Å². The normalized spacial score (nSPS) is 25.5. The first-order valence-electron chi connectivity index (χ1n) is 11.9. The topological polar surface area (TPSA) is 55.8 Å². The van der Waals surface area contributed by atoms with E-state index in [1.54, 1.807) is 4.90 Å². The Morgan fingerprint density at radius 1 is 1.06 bits per heavy atom. The number of ether oxygens (including phenoxy) is 1. The summed E-state index contributed by atoms with van der Waals surface area (Å²) in [5, 5.41) is 0.0855. The number of rotatable bonds is 7. The van der Waals surface area contributed by atoms with Gasteiger partial charge >= 0.3 is 211 Å². The fourth-order valence-corrected chi connectivity index (χ4v) is 8.28. The van der Waals surface area contributed by atoms with Crippen LogP contribution < -0.4 is 4.46 Å². The molecule has 2 aliphatic rings. The van der Waals surface area contributed by atoms with Gasteiger partial charge in [0.25, 0.3) is 0 Å². The molecule has 182 valence electrons. The Hall–Kier alpha value is -1.76. The molecular formula is C27H35NO4SeSi. The molecule has 5 nitrogen and oxygen atoms in total. The van der Waals surface area contributed by atoms with Gasteiger partial charge in [-0.3, -0.25) is 0 Å². The van der Waals surface area contributed by atoms with Crippen LogP contribution in [0.1, 0.15) is 32.8 Å². The van der Waals surface area contributed by atoms with Crippen molar-refractivity contribution in [1.29, 1.82) is 0 Å². The van der Waals surface area contributed by atoms with E-state index >= 15 is 0 Å². The molecule has 7 heteroatoms. The third kappa shape index (κ3) is 4.95. The first-order valence-corrected chi connectivity index (χ1v) is 16.7. The summed E-state index contributed by atoms with van der Waals surface area (Å²) in [5.41, 5.74) is -0.367. The minimum absolute atomic E-state index is 0.0684. The molecule has 1 spiro atoms. The number of hydrogen-bond acceptors (Lipinski definition) is 4. The molecule has 3 atom stereocenters. The number of carbonyl (C=O) groups is 2. The zero-order chi connectivity index (χ0) is 24.6. The fourth-order valence-electron chi connectivity index (χ4n) is 4.29. The van der Waals surface area contributed by atoms with Crippen molar-refractivity contribution in [2.45, 2.75) is 68.4 Å². The van der Waals surface area contributed by atoms with Crippen LogP contribution in [0.4, 0.5) is 0 Å². The van der Waals surface area contributed by atoms with Crippen LogP contribution in [0.5, 0.6) is 0 Å². The van der Waals surface area contributed by atoms with Gasteiger partial charge in [-0.2, -0.15) is 0 Å². The summed E-state index contributed by atoms with van der Waals surface area (Å²) in [6.07, 6.45) is 0.412. The molecule has 2 aromatic carbocycles. The van der Waals surface area contributed by atoms with E-state index in [4.69, 9.17) is 9.16 Å². The molecule has 1 unspecified atom stereocenters. The molecule has 2 aliphatic heterocycles. The van der Waals surface area contributed by atoms with Gasteiger partial charge in [-0.25, -0.2) is 0 Å². The van der Waals surface area contributed by atoms with Crippen LogP contribution in [0.3, 0.4) is 0 Å². The zero-order valence-electron chi connectivity index (χ0n) is 20.7. The minimum atomic E-state index is -1.97. The summed E-state index contributed by atoms with van der Waals surface area (Å²) in [7, 11) is -1.97. The van der Waals surface area contributed by atoms with Gasteiger partial charge in [0, 0.05) is 0 Å². The summed E-state index contributed by atoms with van der Waals surface area (Å²) >= 11 is -0.0684. The molecule has 0 N–H and O–H groups in total. The standard InChI is InChI=1S/C27H35NO4SeSi/c1-26(2,3)34(4,5)31-19-21-16-24(33-22-14-10-7-11-15-22)27(32-21)23(29)18-28(25(27)30)17-20-12-8-6-9-13-20/h6-15,21,24H,16-19H2,1-5H3/t21-,24+,27?/m0/s1. The van der Waals surface area contributed by atoms with Gasteiger partial charge in [0.2, 0.25) is 0 Å². The quantitative estimate of drug-likeness (QED) is 0.391. The molecule has 0 bridgehead atoms. The second kappa shape index (κ2) is 9.71. The van der Waals surface area contributed by atoms with Crippen LogP contribution in [0.15, 0.2) is 60.7 Å². The number of Topliss-reactive ketones (excluding diaryl/α,β-unsaturated/α-hetero) is 1. The molecule has 2 heterocycles. The Balaban J connectivity index is 1.58. The summed E-state index contributed by atoms with van der Waals surface area (Å²) in [6.45, 7) is 12.0. The molecule has 2 aromatic rings. The Morgan fingerprint density at radius 3 is 2.29 bits per heavy atom. The van der Waals surface area contributed by atoms with E-state index in [-0.39, 0.29) is 49.2 Å². The first-order chi connectivity index (χ1) is 16.0. The number of benzene rings is 2. The van der Waals surface area contributed by atoms with E-state index in [0.717, 1.165) is 5.56 Å². The van der Waals surface area contributed by atoms with Crippen LogP contribution >= 0.6 is 0 Å². The number of amides is 1. The molecule has 1 amide bonds. The predicted octanol–water partition coefficient (Wildman–Crippen LogP) is 3.97. The van der Waals surface area contributed by atoms with Crippen molar-refractivity contribution in [2.75, 3.05) is 13.2 Å². The van der Waals surface area contributed by atoms with Crippen molar-refractivity contribution in [1.82, 2.24) is 4.90 Å². The second-order valence-electron chi connectivity index (χ2n) is 10.8. The number of carbonyl (C=O) groups excluding carboxylic acids is 2. The molecular weight excluding hydrogens is 509 g/mol. The summed E-state index contributed by atoms with van der Waals surface area (Å²) in [5.74, 6) is -0.287. The Kier molecular flexibility index (Phi) is 7.23. The van der Waals surface area contributed by atoms with Crippen molar-refractivity contribution in [2.24, 2.45) is 0 Å². The van der Waals surface area contributed by atoms with E-state index in [1.807, 2.05) is 48.5 Å². The van der Waals surface area contributed by atoms with Gasteiger partial charge in [-0.05, 0) is 0 Å². The van der Waals surface area contributed by atoms with E-state index < -0.39 is 13.9 Å². The predicted molar refractivity (Wildman–Crippen MR) is 138 cm³/mol. The van der Waals surface area contributed by atoms with Gasteiger partial charge in [-0.15, -0.1) is 0 Å². The fraction of sp³-hybridized carbons (Fsp3) is 0.481. The Labute approximate surface area is 210 Å². The first kappa shape index (κ1) is 25.3. The number of likely N-dealkylation sites (tertiary alicyclic amines) is 1. The second-order valence-corrected chi connectivity index (χ2v) is 18.3. The average Bonchev–Trinajstić information content (AvgIpc) is 3.27. The summed E-state index contributed by atoms with van der Waals surface area (Å²) < 4.78 is 14.1. The van der Waals surface area contributed by atoms with Crippen LogP contribution in [-0.4, -0.2) is 64.7 Å². The van der Waals surface area contributed by atoms with Crippen molar-refractivity contribution in [3.05, 3.63) is 66.2 Å². The average molecular weight is 545 g/mol. The van der Waals surface area contributed by atoms with Crippen molar-refractivity contribution in [3.63, 3.8) is 0 Å². The number of ketones is 1. The van der Waals surface area contributed by atoms with Crippen molar-refractivity contribution >= 4 is 39.4 Å². The monoisotopic (exact) mass is 545 g/mol. The van der Waals surface area contributed by atoms with Gasteiger partial charge < -0.3 is 0 Å². The molecule has 0 saturated carbocycles. The molecule has 0 radical (unpaired) electrons. The molecule has 0 aromatic heterocycles. The van der Waals surface area contributed by atoms with E-state index in [0.29, 0.717) is 19.6 Å². The summed E-state index contributed by atoms with van der Waals surface area (Å²) in [4.78, 5) is 28.8. The van der Waals surface area contributed by atoms with Crippen molar-refractivity contribution in [3.8, 4) is 0 Å².